The number of thiazole rings is 1. The number of nitrogens with zero attached hydrogens (tertiary/aromatic N) is 1. The minimum Gasteiger partial charge on any atom is -0.422 e. The predicted octanol–water partition coefficient (Wildman–Crippen LogP) is 4.97. The van der Waals surface area contributed by atoms with Crippen LogP contribution in [0, 0.1) is 6.92 Å². The van der Waals surface area contributed by atoms with E-state index in [2.05, 4.69) is 10.3 Å². The maximum atomic E-state index is 12.3. The number of hydrogen-bond donors (Lipinski definition) is 1. The number of nitrogens with one attached hydrogen (secondary N) is 1. The van der Waals surface area contributed by atoms with Crippen molar-refractivity contribution in [2.45, 2.75) is 6.92 Å². The highest BCUT2D eigenvalue weighted by Crippen LogP contribution is 2.31. The first-order valence-corrected chi connectivity index (χ1v) is 8.35. The second kappa shape index (κ2) is 5.94. The summed E-state index contributed by atoms with van der Waals surface area (Å²) < 4.78 is 5.42. The summed E-state index contributed by atoms with van der Waals surface area (Å²) in [4.78, 5) is 17.9. The van der Waals surface area contributed by atoms with Crippen molar-refractivity contribution in [1.82, 2.24) is 4.98 Å². The van der Waals surface area contributed by atoms with Crippen LogP contribution in [0.4, 0.5) is 10.8 Å². The Bertz CT molecular complexity index is 1070. The molecule has 2 heterocycles. The lowest BCUT2D eigenvalue weighted by molar-refractivity contribution is 0.563. The summed E-state index contributed by atoms with van der Waals surface area (Å²) in [6, 6.07) is 19.1. The first kappa shape index (κ1) is 14.7. The van der Waals surface area contributed by atoms with Gasteiger partial charge < -0.3 is 9.73 Å². The molecule has 4 nitrogen and oxygen atoms in total. The zero-order valence-corrected chi connectivity index (χ0v) is 13.8. The van der Waals surface area contributed by atoms with Crippen LogP contribution in [-0.4, -0.2) is 4.98 Å². The van der Waals surface area contributed by atoms with Gasteiger partial charge in [0.15, 0.2) is 5.13 Å². The smallest absolute Gasteiger partial charge is 0.345 e. The Kier molecular flexibility index (Phi) is 3.63. The molecule has 0 saturated carbocycles. The average Bonchev–Trinajstić information content (AvgIpc) is 2.95. The first-order valence-electron chi connectivity index (χ1n) is 7.53. The third-order valence-corrected chi connectivity index (χ3v) is 4.60. The van der Waals surface area contributed by atoms with Gasteiger partial charge in [0, 0.05) is 16.0 Å². The Morgan fingerprint density at radius 3 is 2.62 bits per heavy atom. The lowest BCUT2D eigenvalue weighted by Crippen LogP contribution is -2.03. The molecular formula is C19H14N2O2S. The van der Waals surface area contributed by atoms with Crippen LogP contribution in [0.15, 0.2) is 69.9 Å². The van der Waals surface area contributed by atoms with E-state index in [0.29, 0.717) is 16.8 Å². The monoisotopic (exact) mass is 334 g/mol. The van der Waals surface area contributed by atoms with Crippen LogP contribution in [0.5, 0.6) is 0 Å². The molecule has 4 rings (SSSR count). The molecule has 2 aromatic carbocycles. The van der Waals surface area contributed by atoms with Gasteiger partial charge in [-0.05, 0) is 31.2 Å². The van der Waals surface area contributed by atoms with Crippen LogP contribution in [0.1, 0.15) is 4.88 Å². The second-order valence-electron chi connectivity index (χ2n) is 5.40. The summed E-state index contributed by atoms with van der Waals surface area (Å²) in [6.45, 7) is 1.96. The van der Waals surface area contributed by atoms with Gasteiger partial charge in [-0.15, -0.1) is 11.3 Å². The van der Waals surface area contributed by atoms with Gasteiger partial charge in [0.2, 0.25) is 0 Å². The Balaban J connectivity index is 1.77. The fourth-order valence-electron chi connectivity index (χ4n) is 2.57. The normalized spacial score (nSPS) is 10.9. The fraction of sp³-hybridized carbons (Fsp3) is 0.0526. The molecule has 0 spiro atoms. The number of fused-ring (bicyclic) bond motifs is 1. The number of rotatable bonds is 3. The molecule has 0 fully saturated rings. The number of aryl methyl sites for hydroxylation is 1. The van der Waals surface area contributed by atoms with Crippen molar-refractivity contribution in [3.63, 3.8) is 0 Å². The van der Waals surface area contributed by atoms with Crippen molar-refractivity contribution in [1.29, 1.82) is 0 Å². The standard InChI is InChI=1S/C19H14N2O2S/c1-12-17(21-19(24-12)20-14-8-3-2-4-9-14)15-11-13-7-5-6-10-16(13)23-18(15)22/h2-11H,1H3,(H,20,21). The number of benzene rings is 2. The molecular weight excluding hydrogens is 320 g/mol. The third-order valence-electron chi connectivity index (χ3n) is 3.72. The maximum absolute atomic E-state index is 12.3. The highest BCUT2D eigenvalue weighted by molar-refractivity contribution is 7.16. The Morgan fingerprint density at radius 1 is 1.04 bits per heavy atom. The number of para-hydroxylation sites is 2. The minimum atomic E-state index is -0.367. The van der Waals surface area contributed by atoms with Crippen molar-refractivity contribution in [2.75, 3.05) is 5.32 Å². The van der Waals surface area contributed by atoms with Crippen LogP contribution in [0.3, 0.4) is 0 Å². The molecule has 118 valence electrons. The molecule has 0 saturated heterocycles. The van der Waals surface area contributed by atoms with Crippen LogP contribution in [0.25, 0.3) is 22.2 Å². The van der Waals surface area contributed by atoms with Gasteiger partial charge in [-0.2, -0.15) is 0 Å². The van der Waals surface area contributed by atoms with Gasteiger partial charge in [-0.1, -0.05) is 36.4 Å². The van der Waals surface area contributed by atoms with Gasteiger partial charge in [-0.3, -0.25) is 0 Å². The molecule has 0 aliphatic rings. The molecule has 0 atom stereocenters. The Morgan fingerprint density at radius 2 is 1.79 bits per heavy atom. The molecule has 4 aromatic rings. The SMILES string of the molecule is Cc1sc(Nc2ccccc2)nc1-c1cc2ccccc2oc1=O. The van der Waals surface area contributed by atoms with Crippen molar-refractivity contribution in [2.24, 2.45) is 0 Å². The summed E-state index contributed by atoms with van der Waals surface area (Å²) in [5, 5.41) is 4.90. The third kappa shape index (κ3) is 2.70. The zero-order valence-electron chi connectivity index (χ0n) is 12.9. The molecule has 1 N–H and O–H groups in total. The first-order chi connectivity index (χ1) is 11.7. The zero-order chi connectivity index (χ0) is 16.5. The van der Waals surface area contributed by atoms with Gasteiger partial charge in [0.05, 0.1) is 11.3 Å². The molecule has 5 heteroatoms. The quantitative estimate of drug-likeness (QED) is 0.538. The highest BCUT2D eigenvalue weighted by Gasteiger charge is 2.15. The van der Waals surface area contributed by atoms with E-state index in [-0.39, 0.29) is 5.63 Å². The fourth-order valence-corrected chi connectivity index (χ4v) is 3.42. The molecule has 0 aliphatic carbocycles. The average molecular weight is 334 g/mol. The van der Waals surface area contributed by atoms with Crippen LogP contribution < -0.4 is 10.9 Å². The summed E-state index contributed by atoms with van der Waals surface area (Å²) in [6.07, 6.45) is 0. The van der Waals surface area contributed by atoms with Crippen molar-refractivity contribution in [3.8, 4) is 11.3 Å². The largest absolute Gasteiger partial charge is 0.422 e. The lowest BCUT2D eigenvalue weighted by atomic mass is 10.1. The molecule has 24 heavy (non-hydrogen) atoms. The number of aromatic nitrogens is 1. The number of hydrogen-bond acceptors (Lipinski definition) is 5. The van der Waals surface area contributed by atoms with Crippen LogP contribution in [-0.2, 0) is 0 Å². The molecule has 0 bridgehead atoms. The van der Waals surface area contributed by atoms with E-state index in [4.69, 9.17) is 4.42 Å². The van der Waals surface area contributed by atoms with E-state index in [1.54, 1.807) is 6.07 Å². The molecule has 2 aromatic heterocycles. The molecule has 0 unspecified atom stereocenters. The summed E-state index contributed by atoms with van der Waals surface area (Å²) in [7, 11) is 0. The van der Waals surface area contributed by atoms with Gasteiger partial charge in [0.1, 0.15) is 5.58 Å². The summed E-state index contributed by atoms with van der Waals surface area (Å²) in [5.74, 6) is 0. The summed E-state index contributed by atoms with van der Waals surface area (Å²) >= 11 is 1.52. The Hall–Kier alpha value is -2.92. The van der Waals surface area contributed by atoms with Crippen molar-refractivity contribution in [3.05, 3.63) is 76.0 Å². The Labute approximate surface area is 142 Å². The van der Waals surface area contributed by atoms with Crippen molar-refractivity contribution >= 4 is 33.1 Å². The van der Waals surface area contributed by atoms with E-state index < -0.39 is 0 Å². The lowest BCUT2D eigenvalue weighted by Gasteiger charge is -2.01. The van der Waals surface area contributed by atoms with Crippen LogP contribution >= 0.6 is 11.3 Å². The van der Waals surface area contributed by atoms with Crippen molar-refractivity contribution < 1.29 is 4.42 Å². The van der Waals surface area contributed by atoms with E-state index in [0.717, 1.165) is 21.1 Å². The van der Waals surface area contributed by atoms with E-state index in [1.165, 1.54) is 11.3 Å². The number of anilines is 2. The highest BCUT2D eigenvalue weighted by atomic mass is 32.1. The van der Waals surface area contributed by atoms with E-state index >= 15 is 0 Å². The van der Waals surface area contributed by atoms with Gasteiger partial charge >= 0.3 is 5.63 Å². The molecule has 0 aliphatic heterocycles. The van der Waals surface area contributed by atoms with Gasteiger partial charge in [-0.25, -0.2) is 9.78 Å². The maximum Gasteiger partial charge on any atom is 0.345 e. The van der Waals surface area contributed by atoms with E-state index in [1.807, 2.05) is 61.5 Å². The molecule has 0 radical (unpaired) electrons. The van der Waals surface area contributed by atoms with E-state index in [9.17, 15) is 4.79 Å². The summed E-state index contributed by atoms with van der Waals surface area (Å²) in [5.41, 5.74) is 2.33. The second-order valence-corrected chi connectivity index (χ2v) is 6.60. The predicted molar refractivity (Wildman–Crippen MR) is 98.1 cm³/mol. The topological polar surface area (TPSA) is 55.1 Å². The minimum absolute atomic E-state index is 0.367. The molecule has 0 amide bonds. The van der Waals surface area contributed by atoms with Gasteiger partial charge in [0.25, 0.3) is 0 Å². The van der Waals surface area contributed by atoms with Crippen LogP contribution in [0.2, 0.25) is 0 Å².